The number of thiazole rings is 1. The molecule has 1 aliphatic heterocycles. The second-order valence-electron chi connectivity index (χ2n) is 5.94. The summed E-state index contributed by atoms with van der Waals surface area (Å²) < 4.78 is 5.82. The molecule has 0 bridgehead atoms. The van der Waals surface area contributed by atoms with E-state index in [9.17, 15) is 0 Å². The summed E-state index contributed by atoms with van der Waals surface area (Å²) in [5.74, 6) is 0.751. The molecule has 3 aromatic rings. The number of morpholine rings is 1. The van der Waals surface area contributed by atoms with Gasteiger partial charge in [0.05, 0.1) is 12.2 Å². The summed E-state index contributed by atoms with van der Waals surface area (Å²) in [7, 11) is 0. The minimum atomic E-state index is 0.178. The van der Waals surface area contributed by atoms with E-state index < -0.39 is 0 Å². The molecule has 0 radical (unpaired) electrons. The molecule has 4 heterocycles. The van der Waals surface area contributed by atoms with E-state index in [0.717, 1.165) is 40.9 Å². The van der Waals surface area contributed by atoms with Crippen LogP contribution < -0.4 is 4.90 Å². The molecule has 0 spiro atoms. The average Bonchev–Trinajstić information content (AvgIpc) is 3.27. The highest BCUT2D eigenvalue weighted by Gasteiger charge is 2.25. The van der Waals surface area contributed by atoms with Gasteiger partial charge in [0.25, 0.3) is 0 Å². The SMILES string of the molecule is C[C@H]1CN(c2ncc(-c3ccsc3)c(-c3nccs3)n2)C[C@H](C)O1. The lowest BCUT2D eigenvalue weighted by molar-refractivity contribution is -0.00571. The minimum absolute atomic E-state index is 0.178. The maximum absolute atomic E-state index is 5.82. The molecule has 124 valence electrons. The number of hydrogen-bond acceptors (Lipinski definition) is 7. The highest BCUT2D eigenvalue weighted by molar-refractivity contribution is 7.13. The molecule has 0 amide bonds. The summed E-state index contributed by atoms with van der Waals surface area (Å²) in [5, 5.41) is 7.09. The Balaban J connectivity index is 1.77. The summed E-state index contributed by atoms with van der Waals surface area (Å²) >= 11 is 3.28. The molecule has 24 heavy (non-hydrogen) atoms. The first-order chi connectivity index (χ1) is 11.7. The van der Waals surface area contributed by atoms with Crippen LogP contribution in [0.2, 0.25) is 0 Å². The lowest BCUT2D eigenvalue weighted by atomic mass is 10.1. The molecule has 7 heteroatoms. The van der Waals surface area contributed by atoms with Gasteiger partial charge in [-0.15, -0.1) is 11.3 Å². The lowest BCUT2D eigenvalue weighted by Gasteiger charge is -2.35. The van der Waals surface area contributed by atoms with E-state index in [2.05, 4.69) is 45.5 Å². The van der Waals surface area contributed by atoms with Gasteiger partial charge in [-0.3, -0.25) is 0 Å². The van der Waals surface area contributed by atoms with Crippen LogP contribution in [-0.2, 0) is 4.74 Å². The number of nitrogens with zero attached hydrogens (tertiary/aromatic N) is 4. The maximum Gasteiger partial charge on any atom is 0.226 e. The van der Waals surface area contributed by atoms with Crippen LogP contribution in [0, 0.1) is 0 Å². The number of rotatable bonds is 3. The molecule has 1 aliphatic rings. The molecule has 0 aromatic carbocycles. The van der Waals surface area contributed by atoms with Crippen molar-refractivity contribution < 1.29 is 4.74 Å². The fourth-order valence-corrected chi connectivity index (χ4v) is 4.29. The lowest BCUT2D eigenvalue weighted by Crippen LogP contribution is -2.46. The highest BCUT2D eigenvalue weighted by Crippen LogP contribution is 2.33. The Morgan fingerprint density at radius 2 is 2.00 bits per heavy atom. The summed E-state index contributed by atoms with van der Waals surface area (Å²) in [4.78, 5) is 16.2. The van der Waals surface area contributed by atoms with Gasteiger partial charge in [-0.2, -0.15) is 11.3 Å². The standard InChI is InChI=1S/C17H18N4OS2/c1-11-8-21(9-12(2)22-11)17-19-7-14(13-3-5-23-10-13)15(20-17)16-18-4-6-24-16/h3-7,10-12H,8-9H2,1-2H3/t11-,12-/m0/s1. The van der Waals surface area contributed by atoms with Crippen molar-refractivity contribution in [3.8, 4) is 21.8 Å². The van der Waals surface area contributed by atoms with Crippen molar-refractivity contribution in [2.24, 2.45) is 0 Å². The molecule has 0 aliphatic carbocycles. The zero-order valence-electron chi connectivity index (χ0n) is 13.5. The van der Waals surface area contributed by atoms with Crippen molar-refractivity contribution in [2.75, 3.05) is 18.0 Å². The maximum atomic E-state index is 5.82. The van der Waals surface area contributed by atoms with Crippen LogP contribution in [0.4, 0.5) is 5.95 Å². The molecular weight excluding hydrogens is 340 g/mol. The molecular formula is C17H18N4OS2. The Morgan fingerprint density at radius 3 is 2.67 bits per heavy atom. The number of aromatic nitrogens is 3. The van der Waals surface area contributed by atoms with Gasteiger partial charge in [-0.05, 0) is 36.2 Å². The van der Waals surface area contributed by atoms with Crippen LogP contribution in [0.3, 0.4) is 0 Å². The Kier molecular flexibility index (Phi) is 4.30. The van der Waals surface area contributed by atoms with Gasteiger partial charge in [0.15, 0.2) is 0 Å². The van der Waals surface area contributed by atoms with Crippen LogP contribution in [0.15, 0.2) is 34.6 Å². The van der Waals surface area contributed by atoms with E-state index in [0.29, 0.717) is 0 Å². The molecule has 0 N–H and O–H groups in total. The zero-order chi connectivity index (χ0) is 16.5. The Bertz CT molecular complexity index is 794. The molecule has 0 saturated carbocycles. The van der Waals surface area contributed by atoms with Crippen molar-refractivity contribution in [3.05, 3.63) is 34.6 Å². The Labute approximate surface area is 149 Å². The first-order valence-corrected chi connectivity index (χ1v) is 9.73. The van der Waals surface area contributed by atoms with E-state index in [1.165, 1.54) is 0 Å². The van der Waals surface area contributed by atoms with Crippen molar-refractivity contribution in [1.29, 1.82) is 0 Å². The summed E-state index contributed by atoms with van der Waals surface area (Å²) in [6, 6.07) is 2.10. The molecule has 5 nitrogen and oxygen atoms in total. The number of thiophene rings is 1. The van der Waals surface area contributed by atoms with Gasteiger partial charge in [-0.1, -0.05) is 0 Å². The van der Waals surface area contributed by atoms with Crippen LogP contribution in [0.1, 0.15) is 13.8 Å². The molecule has 0 unspecified atom stereocenters. The fourth-order valence-electron chi connectivity index (χ4n) is 3.00. The summed E-state index contributed by atoms with van der Waals surface area (Å²) in [5.41, 5.74) is 3.07. The second-order valence-corrected chi connectivity index (χ2v) is 7.62. The van der Waals surface area contributed by atoms with Crippen LogP contribution >= 0.6 is 22.7 Å². The molecule has 4 rings (SSSR count). The third kappa shape index (κ3) is 3.07. The van der Waals surface area contributed by atoms with Crippen LogP contribution in [0.25, 0.3) is 21.8 Å². The second kappa shape index (κ2) is 6.58. The van der Waals surface area contributed by atoms with E-state index in [4.69, 9.17) is 9.72 Å². The monoisotopic (exact) mass is 358 g/mol. The first-order valence-electron chi connectivity index (χ1n) is 7.90. The van der Waals surface area contributed by atoms with Crippen molar-refractivity contribution in [1.82, 2.24) is 15.0 Å². The molecule has 3 aromatic heterocycles. The molecule has 1 fully saturated rings. The van der Waals surface area contributed by atoms with Gasteiger partial charge < -0.3 is 9.64 Å². The number of anilines is 1. The van der Waals surface area contributed by atoms with Gasteiger partial charge in [0.1, 0.15) is 10.7 Å². The fraction of sp³-hybridized carbons (Fsp3) is 0.353. The van der Waals surface area contributed by atoms with Gasteiger partial charge in [0.2, 0.25) is 5.95 Å². The van der Waals surface area contributed by atoms with E-state index in [-0.39, 0.29) is 12.2 Å². The highest BCUT2D eigenvalue weighted by atomic mass is 32.1. The van der Waals surface area contributed by atoms with Crippen molar-refractivity contribution in [3.63, 3.8) is 0 Å². The largest absolute Gasteiger partial charge is 0.372 e. The third-order valence-electron chi connectivity index (χ3n) is 3.95. The van der Waals surface area contributed by atoms with Gasteiger partial charge in [0, 0.05) is 36.4 Å². The van der Waals surface area contributed by atoms with Crippen molar-refractivity contribution >= 4 is 28.6 Å². The van der Waals surface area contributed by atoms with E-state index in [1.54, 1.807) is 22.7 Å². The zero-order valence-corrected chi connectivity index (χ0v) is 15.2. The van der Waals surface area contributed by atoms with E-state index >= 15 is 0 Å². The number of hydrogen-bond donors (Lipinski definition) is 0. The van der Waals surface area contributed by atoms with E-state index in [1.807, 2.05) is 17.8 Å². The quantitative estimate of drug-likeness (QED) is 0.710. The van der Waals surface area contributed by atoms with Crippen molar-refractivity contribution in [2.45, 2.75) is 26.1 Å². The minimum Gasteiger partial charge on any atom is -0.372 e. The topological polar surface area (TPSA) is 51.1 Å². The normalized spacial score (nSPS) is 21.2. The van der Waals surface area contributed by atoms with Gasteiger partial charge >= 0.3 is 0 Å². The number of ether oxygens (including phenoxy) is 1. The predicted octanol–water partition coefficient (Wildman–Crippen LogP) is 3.94. The summed E-state index contributed by atoms with van der Waals surface area (Å²) in [6.45, 7) is 5.78. The van der Waals surface area contributed by atoms with Gasteiger partial charge in [-0.25, -0.2) is 15.0 Å². The van der Waals surface area contributed by atoms with Crippen LogP contribution in [-0.4, -0.2) is 40.2 Å². The Hall–Kier alpha value is -1.83. The third-order valence-corrected chi connectivity index (χ3v) is 5.41. The molecule has 2 atom stereocenters. The average molecular weight is 358 g/mol. The first kappa shape index (κ1) is 15.7. The Morgan fingerprint density at radius 1 is 1.17 bits per heavy atom. The summed E-state index contributed by atoms with van der Waals surface area (Å²) in [6.07, 6.45) is 4.10. The smallest absolute Gasteiger partial charge is 0.226 e. The molecule has 1 saturated heterocycles. The van der Waals surface area contributed by atoms with Crippen LogP contribution in [0.5, 0.6) is 0 Å². The predicted molar refractivity (Wildman–Crippen MR) is 98.7 cm³/mol.